The normalized spacial score (nSPS) is 14.5. The SMILES string of the molecule is CCN(CC)c1ccc(NC(=O)c2ccc(N3CCCCCC3)nc2)cc1. The van der Waals surface area contributed by atoms with Crippen molar-refractivity contribution in [2.75, 3.05) is 41.3 Å². The van der Waals surface area contributed by atoms with Crippen LogP contribution in [-0.4, -0.2) is 37.1 Å². The van der Waals surface area contributed by atoms with Crippen molar-refractivity contribution in [3.63, 3.8) is 0 Å². The number of anilines is 3. The van der Waals surface area contributed by atoms with Gasteiger partial charge in [-0.3, -0.25) is 4.79 Å². The van der Waals surface area contributed by atoms with Crippen LogP contribution in [0.15, 0.2) is 42.6 Å². The minimum absolute atomic E-state index is 0.125. The lowest BCUT2D eigenvalue weighted by Crippen LogP contribution is -2.25. The molecule has 3 rings (SSSR count). The number of aromatic nitrogens is 1. The summed E-state index contributed by atoms with van der Waals surface area (Å²) in [5.41, 5.74) is 2.55. The van der Waals surface area contributed by atoms with Crippen molar-refractivity contribution in [3.8, 4) is 0 Å². The predicted molar refractivity (Wildman–Crippen MR) is 113 cm³/mol. The lowest BCUT2D eigenvalue weighted by Gasteiger charge is -2.21. The van der Waals surface area contributed by atoms with Gasteiger partial charge >= 0.3 is 0 Å². The topological polar surface area (TPSA) is 48.5 Å². The van der Waals surface area contributed by atoms with Gasteiger partial charge in [-0.2, -0.15) is 0 Å². The second-order valence-electron chi connectivity index (χ2n) is 6.98. The molecule has 27 heavy (non-hydrogen) atoms. The molecule has 1 N–H and O–H groups in total. The Hall–Kier alpha value is -2.56. The average Bonchev–Trinajstić information content (AvgIpc) is 3.00. The molecule has 1 fully saturated rings. The summed E-state index contributed by atoms with van der Waals surface area (Å²) in [6, 6.07) is 11.8. The van der Waals surface area contributed by atoms with Crippen molar-refractivity contribution in [2.45, 2.75) is 39.5 Å². The first-order valence-corrected chi connectivity index (χ1v) is 10.1. The Bertz CT molecular complexity index is 715. The number of benzene rings is 1. The summed E-state index contributed by atoms with van der Waals surface area (Å²) in [6.07, 6.45) is 6.70. The van der Waals surface area contributed by atoms with E-state index in [1.807, 2.05) is 36.4 Å². The van der Waals surface area contributed by atoms with E-state index in [0.29, 0.717) is 5.56 Å². The Morgan fingerprint density at radius 2 is 1.67 bits per heavy atom. The van der Waals surface area contributed by atoms with Crippen LogP contribution in [0.2, 0.25) is 0 Å². The highest BCUT2D eigenvalue weighted by Gasteiger charge is 2.13. The average molecular weight is 367 g/mol. The van der Waals surface area contributed by atoms with Crippen molar-refractivity contribution in [2.24, 2.45) is 0 Å². The molecule has 1 aliphatic heterocycles. The molecule has 0 spiro atoms. The van der Waals surface area contributed by atoms with E-state index in [-0.39, 0.29) is 5.91 Å². The van der Waals surface area contributed by atoms with Crippen molar-refractivity contribution < 1.29 is 4.79 Å². The Kier molecular flexibility index (Phi) is 6.69. The fraction of sp³-hybridized carbons (Fsp3) is 0.455. The summed E-state index contributed by atoms with van der Waals surface area (Å²) in [7, 11) is 0. The second kappa shape index (κ2) is 9.40. The molecule has 1 aromatic carbocycles. The van der Waals surface area contributed by atoms with E-state index >= 15 is 0 Å². The van der Waals surface area contributed by atoms with Crippen molar-refractivity contribution >= 4 is 23.1 Å². The highest BCUT2D eigenvalue weighted by molar-refractivity contribution is 6.04. The molecule has 0 atom stereocenters. The number of nitrogens with one attached hydrogen (secondary N) is 1. The molecule has 0 saturated carbocycles. The molecule has 1 aliphatic rings. The largest absolute Gasteiger partial charge is 0.372 e. The van der Waals surface area contributed by atoms with E-state index in [9.17, 15) is 4.79 Å². The summed E-state index contributed by atoms with van der Waals surface area (Å²) in [4.78, 5) is 21.6. The third-order valence-electron chi connectivity index (χ3n) is 5.19. The Morgan fingerprint density at radius 3 is 2.22 bits per heavy atom. The smallest absolute Gasteiger partial charge is 0.257 e. The molecule has 0 radical (unpaired) electrons. The molecule has 2 heterocycles. The van der Waals surface area contributed by atoms with Gasteiger partial charge in [0.2, 0.25) is 0 Å². The van der Waals surface area contributed by atoms with E-state index in [1.54, 1.807) is 6.20 Å². The van der Waals surface area contributed by atoms with Gasteiger partial charge in [0.05, 0.1) is 5.56 Å². The van der Waals surface area contributed by atoms with Gasteiger partial charge in [0, 0.05) is 43.8 Å². The Labute approximate surface area is 162 Å². The summed E-state index contributed by atoms with van der Waals surface area (Å²) in [6.45, 7) is 8.33. The first-order valence-electron chi connectivity index (χ1n) is 10.1. The van der Waals surface area contributed by atoms with Gasteiger partial charge in [0.25, 0.3) is 5.91 Å². The standard InChI is InChI=1S/C22H30N4O/c1-3-25(4-2)20-12-10-19(11-13-20)24-22(27)18-9-14-21(23-17-18)26-15-7-5-6-8-16-26/h9-14,17H,3-8,15-16H2,1-2H3,(H,24,27). The molecule has 0 bridgehead atoms. The fourth-order valence-corrected chi connectivity index (χ4v) is 3.55. The summed E-state index contributed by atoms with van der Waals surface area (Å²) < 4.78 is 0. The van der Waals surface area contributed by atoms with E-state index < -0.39 is 0 Å². The van der Waals surface area contributed by atoms with Crippen LogP contribution < -0.4 is 15.1 Å². The van der Waals surface area contributed by atoms with Gasteiger partial charge in [-0.1, -0.05) is 12.8 Å². The molecular weight excluding hydrogens is 336 g/mol. The maximum Gasteiger partial charge on any atom is 0.257 e. The predicted octanol–water partition coefficient (Wildman–Crippen LogP) is 4.56. The quantitative estimate of drug-likeness (QED) is 0.814. The first-order chi connectivity index (χ1) is 13.2. The van der Waals surface area contributed by atoms with Gasteiger partial charge in [-0.25, -0.2) is 4.98 Å². The number of amides is 1. The monoisotopic (exact) mass is 366 g/mol. The van der Waals surface area contributed by atoms with Crippen molar-refractivity contribution in [3.05, 3.63) is 48.2 Å². The zero-order valence-electron chi connectivity index (χ0n) is 16.4. The molecular formula is C22H30N4O. The molecule has 0 unspecified atom stereocenters. The number of hydrogen-bond acceptors (Lipinski definition) is 4. The van der Waals surface area contributed by atoms with Crippen molar-refractivity contribution in [1.82, 2.24) is 4.98 Å². The van der Waals surface area contributed by atoms with Crippen LogP contribution in [0.4, 0.5) is 17.2 Å². The lowest BCUT2D eigenvalue weighted by molar-refractivity contribution is 0.102. The molecule has 1 aromatic heterocycles. The van der Waals surface area contributed by atoms with Crippen molar-refractivity contribution in [1.29, 1.82) is 0 Å². The van der Waals surface area contributed by atoms with Crippen LogP contribution in [0.3, 0.4) is 0 Å². The Morgan fingerprint density at radius 1 is 1.00 bits per heavy atom. The zero-order chi connectivity index (χ0) is 19.1. The molecule has 1 amide bonds. The number of pyridine rings is 1. The van der Waals surface area contributed by atoms with Crippen LogP contribution in [0.25, 0.3) is 0 Å². The number of carbonyl (C=O) groups excluding carboxylic acids is 1. The number of hydrogen-bond donors (Lipinski definition) is 1. The number of carbonyl (C=O) groups is 1. The Balaban J connectivity index is 1.62. The van der Waals surface area contributed by atoms with Gasteiger partial charge < -0.3 is 15.1 Å². The van der Waals surface area contributed by atoms with Gasteiger partial charge in [-0.05, 0) is 63.1 Å². The third-order valence-corrected chi connectivity index (χ3v) is 5.19. The van der Waals surface area contributed by atoms with Crippen LogP contribution in [-0.2, 0) is 0 Å². The number of rotatable bonds is 6. The highest BCUT2D eigenvalue weighted by Crippen LogP contribution is 2.20. The minimum Gasteiger partial charge on any atom is -0.372 e. The second-order valence-corrected chi connectivity index (χ2v) is 6.98. The van der Waals surface area contributed by atoms with Crippen LogP contribution in [0, 0.1) is 0 Å². The third kappa shape index (κ3) is 5.00. The molecule has 0 aliphatic carbocycles. The van der Waals surface area contributed by atoms with E-state index in [4.69, 9.17) is 0 Å². The van der Waals surface area contributed by atoms with E-state index in [0.717, 1.165) is 37.7 Å². The lowest BCUT2D eigenvalue weighted by atomic mass is 10.2. The van der Waals surface area contributed by atoms with Crippen LogP contribution in [0.5, 0.6) is 0 Å². The van der Waals surface area contributed by atoms with Gasteiger partial charge in [0.15, 0.2) is 0 Å². The molecule has 5 nitrogen and oxygen atoms in total. The van der Waals surface area contributed by atoms with Crippen LogP contribution in [0.1, 0.15) is 49.9 Å². The molecule has 5 heteroatoms. The number of nitrogens with zero attached hydrogens (tertiary/aromatic N) is 3. The van der Waals surface area contributed by atoms with E-state index in [2.05, 4.69) is 33.9 Å². The van der Waals surface area contributed by atoms with Gasteiger partial charge in [0.1, 0.15) is 5.82 Å². The zero-order valence-corrected chi connectivity index (χ0v) is 16.4. The van der Waals surface area contributed by atoms with Crippen LogP contribution >= 0.6 is 0 Å². The summed E-state index contributed by atoms with van der Waals surface area (Å²) in [5.74, 6) is 0.845. The molecule has 144 valence electrons. The summed E-state index contributed by atoms with van der Waals surface area (Å²) >= 11 is 0. The van der Waals surface area contributed by atoms with Gasteiger partial charge in [-0.15, -0.1) is 0 Å². The highest BCUT2D eigenvalue weighted by atomic mass is 16.1. The molecule has 1 saturated heterocycles. The maximum atomic E-state index is 12.5. The fourth-order valence-electron chi connectivity index (χ4n) is 3.55. The van der Waals surface area contributed by atoms with E-state index in [1.165, 1.54) is 31.4 Å². The first kappa shape index (κ1) is 19.2. The molecule has 2 aromatic rings. The minimum atomic E-state index is -0.125. The maximum absolute atomic E-state index is 12.5. The summed E-state index contributed by atoms with van der Waals surface area (Å²) in [5, 5.41) is 2.96.